The quantitative estimate of drug-likeness (QED) is 0.584. The van der Waals surface area contributed by atoms with E-state index in [9.17, 15) is 4.79 Å². The molecule has 0 unspecified atom stereocenters. The minimum atomic E-state index is -0.178. The SMILES string of the molecule is CC(=O)Nn1c(C)nnc1S. The van der Waals surface area contributed by atoms with Crippen molar-refractivity contribution in [2.24, 2.45) is 0 Å². The minimum Gasteiger partial charge on any atom is -0.274 e. The van der Waals surface area contributed by atoms with Crippen LogP contribution in [0.5, 0.6) is 0 Å². The summed E-state index contributed by atoms with van der Waals surface area (Å²) in [6.07, 6.45) is 0. The Hall–Kier alpha value is -1.04. The molecule has 0 bridgehead atoms. The number of hydrogen-bond donors (Lipinski definition) is 2. The standard InChI is InChI=1S/C5H8N4OS/c1-3-6-7-5(11)9(3)8-4(2)10/h1-2H3,(H,7,11)(H,8,10). The molecule has 1 heterocycles. The van der Waals surface area contributed by atoms with Gasteiger partial charge < -0.3 is 0 Å². The fraction of sp³-hybridized carbons (Fsp3) is 0.400. The molecule has 0 saturated carbocycles. The van der Waals surface area contributed by atoms with Crippen molar-refractivity contribution < 1.29 is 4.79 Å². The van der Waals surface area contributed by atoms with E-state index in [1.165, 1.54) is 11.6 Å². The molecule has 0 aromatic carbocycles. The molecule has 1 rings (SSSR count). The van der Waals surface area contributed by atoms with E-state index in [0.717, 1.165) is 0 Å². The molecule has 60 valence electrons. The van der Waals surface area contributed by atoms with Gasteiger partial charge in [0.05, 0.1) is 0 Å². The molecule has 1 N–H and O–H groups in total. The highest BCUT2D eigenvalue weighted by Crippen LogP contribution is 2.01. The number of carbonyl (C=O) groups excluding carboxylic acids is 1. The van der Waals surface area contributed by atoms with Gasteiger partial charge in [-0.15, -0.1) is 22.8 Å². The van der Waals surface area contributed by atoms with Crippen LogP contribution in [-0.4, -0.2) is 20.8 Å². The lowest BCUT2D eigenvalue weighted by atomic mass is 10.7. The molecule has 0 spiro atoms. The van der Waals surface area contributed by atoms with Crippen molar-refractivity contribution in [1.29, 1.82) is 0 Å². The van der Waals surface area contributed by atoms with E-state index in [-0.39, 0.29) is 5.91 Å². The Morgan fingerprint density at radius 3 is 2.64 bits per heavy atom. The molecule has 0 fully saturated rings. The summed E-state index contributed by atoms with van der Waals surface area (Å²) in [4.78, 5) is 10.6. The molecule has 0 aliphatic heterocycles. The second kappa shape index (κ2) is 2.91. The zero-order chi connectivity index (χ0) is 8.43. The summed E-state index contributed by atoms with van der Waals surface area (Å²) in [6.45, 7) is 3.13. The molecule has 11 heavy (non-hydrogen) atoms. The fourth-order valence-corrected chi connectivity index (χ4v) is 0.879. The number of nitrogens with zero attached hydrogens (tertiary/aromatic N) is 3. The Labute approximate surface area is 69.2 Å². The Morgan fingerprint density at radius 2 is 2.27 bits per heavy atom. The van der Waals surface area contributed by atoms with Crippen molar-refractivity contribution in [1.82, 2.24) is 14.9 Å². The van der Waals surface area contributed by atoms with Crippen LogP contribution in [-0.2, 0) is 4.79 Å². The Kier molecular flexibility index (Phi) is 2.13. The van der Waals surface area contributed by atoms with Crippen LogP contribution in [0.3, 0.4) is 0 Å². The molecule has 0 radical (unpaired) electrons. The van der Waals surface area contributed by atoms with Crippen LogP contribution in [0.25, 0.3) is 0 Å². The van der Waals surface area contributed by atoms with Gasteiger partial charge in [0.2, 0.25) is 11.1 Å². The number of hydrogen-bond acceptors (Lipinski definition) is 4. The van der Waals surface area contributed by atoms with E-state index >= 15 is 0 Å². The average molecular weight is 172 g/mol. The molecule has 0 aliphatic rings. The van der Waals surface area contributed by atoms with Crippen molar-refractivity contribution in [3.63, 3.8) is 0 Å². The maximum absolute atomic E-state index is 10.6. The van der Waals surface area contributed by atoms with Crippen molar-refractivity contribution in [2.75, 3.05) is 5.43 Å². The first-order chi connectivity index (χ1) is 5.11. The van der Waals surface area contributed by atoms with Crippen LogP contribution < -0.4 is 5.43 Å². The third kappa shape index (κ3) is 1.70. The molecular weight excluding hydrogens is 164 g/mol. The van der Waals surface area contributed by atoms with E-state index in [1.54, 1.807) is 6.92 Å². The maximum Gasteiger partial charge on any atom is 0.235 e. The number of amides is 1. The summed E-state index contributed by atoms with van der Waals surface area (Å²) in [7, 11) is 0. The minimum absolute atomic E-state index is 0.178. The third-order valence-electron chi connectivity index (χ3n) is 1.08. The van der Waals surface area contributed by atoms with E-state index in [1.807, 2.05) is 0 Å². The lowest BCUT2D eigenvalue weighted by molar-refractivity contribution is -0.115. The van der Waals surface area contributed by atoms with Crippen LogP contribution in [0, 0.1) is 6.92 Å². The molecule has 1 aromatic heterocycles. The Bertz CT molecular complexity index is 263. The zero-order valence-corrected chi connectivity index (χ0v) is 7.09. The normalized spacial score (nSPS) is 9.73. The highest BCUT2D eigenvalue weighted by molar-refractivity contribution is 7.80. The van der Waals surface area contributed by atoms with Crippen LogP contribution in [0.1, 0.15) is 12.7 Å². The molecule has 1 aromatic rings. The molecule has 0 aliphatic carbocycles. The van der Waals surface area contributed by atoms with E-state index < -0.39 is 0 Å². The molecule has 0 saturated heterocycles. The molecule has 0 atom stereocenters. The number of carbonyl (C=O) groups is 1. The topological polar surface area (TPSA) is 59.8 Å². The largest absolute Gasteiger partial charge is 0.274 e. The predicted octanol–water partition coefficient (Wildman–Crippen LogP) is -0.0348. The fourth-order valence-electron chi connectivity index (χ4n) is 0.640. The van der Waals surface area contributed by atoms with Gasteiger partial charge >= 0.3 is 0 Å². The predicted molar refractivity (Wildman–Crippen MR) is 42.1 cm³/mol. The first-order valence-electron chi connectivity index (χ1n) is 3.00. The maximum atomic E-state index is 10.6. The summed E-state index contributed by atoms with van der Waals surface area (Å²) >= 11 is 3.97. The number of aromatic nitrogens is 3. The van der Waals surface area contributed by atoms with Crippen LogP contribution >= 0.6 is 12.6 Å². The summed E-state index contributed by atoms with van der Waals surface area (Å²) < 4.78 is 1.41. The van der Waals surface area contributed by atoms with E-state index in [2.05, 4.69) is 28.3 Å². The summed E-state index contributed by atoms with van der Waals surface area (Å²) in [5.74, 6) is 0.424. The second-order valence-electron chi connectivity index (χ2n) is 2.05. The summed E-state index contributed by atoms with van der Waals surface area (Å²) in [6, 6.07) is 0. The molecular formula is C5H8N4OS. The van der Waals surface area contributed by atoms with E-state index in [4.69, 9.17) is 0 Å². The van der Waals surface area contributed by atoms with Crippen molar-refractivity contribution in [3.8, 4) is 0 Å². The van der Waals surface area contributed by atoms with Crippen LogP contribution in [0.2, 0.25) is 0 Å². The van der Waals surface area contributed by atoms with Gasteiger partial charge in [-0.1, -0.05) is 0 Å². The summed E-state index contributed by atoms with van der Waals surface area (Å²) in [5, 5.41) is 7.70. The van der Waals surface area contributed by atoms with Gasteiger partial charge in [0, 0.05) is 6.92 Å². The van der Waals surface area contributed by atoms with Gasteiger partial charge in [-0.05, 0) is 6.92 Å². The lowest BCUT2D eigenvalue weighted by Crippen LogP contribution is -2.21. The summed E-state index contributed by atoms with van der Waals surface area (Å²) in [5.41, 5.74) is 2.50. The van der Waals surface area contributed by atoms with Gasteiger partial charge in [-0.2, -0.15) is 0 Å². The van der Waals surface area contributed by atoms with Gasteiger partial charge in [-0.25, -0.2) is 4.68 Å². The number of rotatable bonds is 1. The van der Waals surface area contributed by atoms with Crippen molar-refractivity contribution in [2.45, 2.75) is 19.0 Å². The van der Waals surface area contributed by atoms with Gasteiger partial charge in [-0.3, -0.25) is 10.2 Å². The second-order valence-corrected chi connectivity index (χ2v) is 2.45. The Morgan fingerprint density at radius 1 is 1.64 bits per heavy atom. The lowest BCUT2D eigenvalue weighted by Gasteiger charge is -2.03. The smallest absolute Gasteiger partial charge is 0.235 e. The van der Waals surface area contributed by atoms with Gasteiger partial charge in [0.25, 0.3) is 0 Å². The van der Waals surface area contributed by atoms with Crippen LogP contribution in [0.15, 0.2) is 5.16 Å². The highest BCUT2D eigenvalue weighted by atomic mass is 32.1. The average Bonchev–Trinajstić information content (AvgIpc) is 2.18. The monoisotopic (exact) mass is 172 g/mol. The van der Waals surface area contributed by atoms with E-state index in [0.29, 0.717) is 11.0 Å². The Balaban J connectivity index is 2.92. The number of thiol groups is 1. The van der Waals surface area contributed by atoms with Crippen LogP contribution in [0.4, 0.5) is 0 Å². The zero-order valence-electron chi connectivity index (χ0n) is 6.20. The number of nitrogens with one attached hydrogen (secondary N) is 1. The van der Waals surface area contributed by atoms with Crippen molar-refractivity contribution >= 4 is 18.5 Å². The van der Waals surface area contributed by atoms with Gasteiger partial charge in [0.1, 0.15) is 5.82 Å². The molecule has 5 nitrogen and oxygen atoms in total. The highest BCUT2D eigenvalue weighted by Gasteiger charge is 2.04. The molecule has 1 amide bonds. The molecule has 6 heteroatoms. The first-order valence-corrected chi connectivity index (χ1v) is 3.44. The van der Waals surface area contributed by atoms with Crippen molar-refractivity contribution in [3.05, 3.63) is 5.82 Å². The number of aryl methyl sites for hydroxylation is 1. The first kappa shape index (κ1) is 8.06. The third-order valence-corrected chi connectivity index (χ3v) is 1.37. The van der Waals surface area contributed by atoms with Gasteiger partial charge in [0.15, 0.2) is 0 Å².